The highest BCUT2D eigenvalue weighted by Gasteiger charge is 2.35. The summed E-state index contributed by atoms with van der Waals surface area (Å²) in [6, 6.07) is -0.377. The maximum atomic E-state index is 13.9. The lowest BCUT2D eigenvalue weighted by Crippen LogP contribution is -2.39. The van der Waals surface area contributed by atoms with Crippen molar-refractivity contribution >= 4 is 17.5 Å². The van der Waals surface area contributed by atoms with Crippen molar-refractivity contribution in [2.45, 2.75) is 24.8 Å². The number of aromatic nitrogens is 4. The van der Waals surface area contributed by atoms with Crippen LogP contribution in [0.3, 0.4) is 0 Å². The first-order chi connectivity index (χ1) is 11.9. The molecule has 0 aromatic carbocycles. The Hall–Kier alpha value is -2.43. The van der Waals surface area contributed by atoms with Gasteiger partial charge in [0.05, 0.1) is 17.9 Å². The smallest absolute Gasteiger partial charge is 0.372 e. The van der Waals surface area contributed by atoms with E-state index in [2.05, 4.69) is 31.0 Å². The Labute approximate surface area is 140 Å². The van der Waals surface area contributed by atoms with Gasteiger partial charge in [0.15, 0.2) is 0 Å². The molecule has 0 unspecified atom stereocenters. The molecule has 1 aliphatic rings. The second kappa shape index (κ2) is 6.82. The Morgan fingerprint density at radius 1 is 1.32 bits per heavy atom. The fraction of sp³-hybridized carbons (Fsp3) is 0.500. The molecule has 2 atom stereocenters. The highest BCUT2D eigenvalue weighted by Crippen LogP contribution is 2.33. The number of hydrogen-bond donors (Lipinski definition) is 3. The Bertz CT molecular complexity index is 730. The van der Waals surface area contributed by atoms with Crippen LogP contribution >= 0.6 is 0 Å². The van der Waals surface area contributed by atoms with Gasteiger partial charge < -0.3 is 16.0 Å². The Kier molecular flexibility index (Phi) is 4.75. The van der Waals surface area contributed by atoms with Crippen LogP contribution in [0.15, 0.2) is 18.6 Å². The zero-order chi connectivity index (χ0) is 18.0. The van der Waals surface area contributed by atoms with Crippen molar-refractivity contribution in [2.24, 2.45) is 0 Å². The number of rotatable bonds is 4. The van der Waals surface area contributed by atoms with Crippen LogP contribution in [0.4, 0.5) is 35.0 Å². The van der Waals surface area contributed by atoms with Gasteiger partial charge >= 0.3 is 6.18 Å². The molecule has 0 amide bonds. The Morgan fingerprint density at radius 2 is 2.12 bits per heavy atom. The summed E-state index contributed by atoms with van der Waals surface area (Å²) in [4.78, 5) is 7.50. The normalized spacial score (nSPS) is 21.2. The average Bonchev–Trinajstić information content (AvgIpc) is 3.02. The lowest BCUT2D eigenvalue weighted by atomic mass is 10.1. The van der Waals surface area contributed by atoms with E-state index in [0.717, 1.165) is 0 Å². The topological polar surface area (TPSA) is 79.7 Å². The standard InChI is InChI=1S/C14H17F4N7/c1-19-12-9(14(16,17)18)5-21-13(24-12)23-8-4-22-25(7-8)11-2-3-20-6-10(11)15/h4-5,7,10-11,20H,2-3,6H2,1H3,(H2,19,21,23,24)/t10-,11-/m1/s1. The van der Waals surface area contributed by atoms with Crippen LogP contribution in [0.5, 0.6) is 0 Å². The molecule has 2 aromatic rings. The van der Waals surface area contributed by atoms with Crippen LogP contribution in [0.25, 0.3) is 0 Å². The van der Waals surface area contributed by atoms with E-state index in [-0.39, 0.29) is 24.4 Å². The Balaban J connectivity index is 1.77. The predicted molar refractivity (Wildman–Crippen MR) is 83.5 cm³/mol. The maximum absolute atomic E-state index is 13.9. The molecule has 136 valence electrons. The summed E-state index contributed by atoms with van der Waals surface area (Å²) < 4.78 is 54.0. The zero-order valence-electron chi connectivity index (χ0n) is 13.3. The maximum Gasteiger partial charge on any atom is 0.421 e. The first kappa shape index (κ1) is 17.4. The minimum Gasteiger partial charge on any atom is -0.372 e. The summed E-state index contributed by atoms with van der Waals surface area (Å²) in [5, 5.41) is 12.3. The number of hydrogen-bond acceptors (Lipinski definition) is 6. The van der Waals surface area contributed by atoms with Gasteiger partial charge in [-0.1, -0.05) is 0 Å². The van der Waals surface area contributed by atoms with E-state index in [9.17, 15) is 17.6 Å². The van der Waals surface area contributed by atoms with E-state index >= 15 is 0 Å². The van der Waals surface area contributed by atoms with Crippen LogP contribution in [0.2, 0.25) is 0 Å². The monoisotopic (exact) mass is 359 g/mol. The molecule has 0 bridgehead atoms. The molecule has 0 aliphatic carbocycles. The highest BCUT2D eigenvalue weighted by atomic mass is 19.4. The zero-order valence-corrected chi connectivity index (χ0v) is 13.3. The lowest BCUT2D eigenvalue weighted by molar-refractivity contribution is -0.137. The number of nitrogens with one attached hydrogen (secondary N) is 3. The molecule has 2 aromatic heterocycles. The van der Waals surface area contributed by atoms with Crippen molar-refractivity contribution in [3.05, 3.63) is 24.2 Å². The van der Waals surface area contributed by atoms with E-state index in [1.54, 1.807) is 6.20 Å². The molecule has 25 heavy (non-hydrogen) atoms. The average molecular weight is 359 g/mol. The third kappa shape index (κ3) is 3.81. The molecular formula is C14H17F4N7. The van der Waals surface area contributed by atoms with Gasteiger partial charge in [0.2, 0.25) is 5.95 Å². The van der Waals surface area contributed by atoms with E-state index in [1.165, 1.54) is 17.9 Å². The quantitative estimate of drug-likeness (QED) is 0.728. The lowest BCUT2D eigenvalue weighted by Gasteiger charge is -2.26. The molecule has 3 heterocycles. The molecule has 1 fully saturated rings. The van der Waals surface area contributed by atoms with Gasteiger partial charge in [-0.2, -0.15) is 23.3 Å². The first-order valence-electron chi connectivity index (χ1n) is 7.66. The summed E-state index contributed by atoms with van der Waals surface area (Å²) in [6.07, 6.45) is -1.26. The van der Waals surface area contributed by atoms with Crippen LogP contribution in [-0.4, -0.2) is 46.1 Å². The van der Waals surface area contributed by atoms with E-state index in [4.69, 9.17) is 0 Å². The van der Waals surface area contributed by atoms with Crippen LogP contribution in [0.1, 0.15) is 18.0 Å². The molecule has 3 rings (SSSR count). The van der Waals surface area contributed by atoms with Gasteiger partial charge in [0.1, 0.15) is 17.6 Å². The molecule has 0 radical (unpaired) electrons. The number of piperidine rings is 1. The summed E-state index contributed by atoms with van der Waals surface area (Å²) in [5.74, 6) is -0.349. The summed E-state index contributed by atoms with van der Waals surface area (Å²) >= 11 is 0. The second-order valence-corrected chi connectivity index (χ2v) is 5.61. The molecule has 0 spiro atoms. The van der Waals surface area contributed by atoms with Crippen molar-refractivity contribution in [1.82, 2.24) is 25.1 Å². The predicted octanol–water partition coefficient (Wildman–Crippen LogP) is 2.35. The van der Waals surface area contributed by atoms with Crippen molar-refractivity contribution in [3.8, 4) is 0 Å². The summed E-state index contributed by atoms with van der Waals surface area (Å²) in [5.41, 5.74) is -0.487. The fourth-order valence-electron chi connectivity index (χ4n) is 2.66. The summed E-state index contributed by atoms with van der Waals surface area (Å²) in [7, 11) is 1.35. The molecule has 1 saturated heterocycles. The number of halogens is 4. The largest absolute Gasteiger partial charge is 0.421 e. The number of nitrogens with zero attached hydrogens (tertiary/aromatic N) is 4. The SMILES string of the molecule is CNc1nc(Nc2cnn([C@@H]3CCNC[C@H]3F)c2)ncc1C(F)(F)F. The van der Waals surface area contributed by atoms with Crippen LogP contribution in [0, 0.1) is 0 Å². The Morgan fingerprint density at radius 3 is 2.80 bits per heavy atom. The van der Waals surface area contributed by atoms with E-state index in [0.29, 0.717) is 24.8 Å². The minimum atomic E-state index is -4.55. The van der Waals surface area contributed by atoms with Crippen molar-refractivity contribution in [2.75, 3.05) is 30.8 Å². The first-order valence-corrected chi connectivity index (χ1v) is 7.66. The van der Waals surface area contributed by atoms with Crippen molar-refractivity contribution in [1.29, 1.82) is 0 Å². The molecule has 7 nitrogen and oxygen atoms in total. The second-order valence-electron chi connectivity index (χ2n) is 5.61. The molecule has 3 N–H and O–H groups in total. The fourth-order valence-corrected chi connectivity index (χ4v) is 2.66. The molecule has 11 heteroatoms. The van der Waals surface area contributed by atoms with Gasteiger partial charge in [-0.25, -0.2) is 9.37 Å². The third-order valence-electron chi connectivity index (χ3n) is 3.90. The van der Waals surface area contributed by atoms with Crippen LogP contribution < -0.4 is 16.0 Å². The number of alkyl halides is 4. The summed E-state index contributed by atoms with van der Waals surface area (Å²) in [6.45, 7) is 0.960. The molecule has 1 aliphatic heterocycles. The van der Waals surface area contributed by atoms with Gasteiger partial charge in [0, 0.05) is 26.0 Å². The number of anilines is 3. The van der Waals surface area contributed by atoms with Gasteiger partial charge in [0.25, 0.3) is 0 Å². The van der Waals surface area contributed by atoms with E-state index in [1.807, 2.05) is 0 Å². The minimum absolute atomic E-state index is 0.0148. The van der Waals surface area contributed by atoms with Gasteiger partial charge in [-0.15, -0.1) is 0 Å². The van der Waals surface area contributed by atoms with Gasteiger partial charge in [-0.3, -0.25) is 4.68 Å². The molecular weight excluding hydrogens is 342 g/mol. The van der Waals surface area contributed by atoms with E-state index < -0.39 is 17.9 Å². The van der Waals surface area contributed by atoms with Crippen molar-refractivity contribution < 1.29 is 17.6 Å². The molecule has 0 saturated carbocycles. The van der Waals surface area contributed by atoms with Crippen LogP contribution in [-0.2, 0) is 6.18 Å². The highest BCUT2D eigenvalue weighted by molar-refractivity contribution is 5.55. The van der Waals surface area contributed by atoms with Crippen molar-refractivity contribution in [3.63, 3.8) is 0 Å². The third-order valence-corrected chi connectivity index (χ3v) is 3.90. The van der Waals surface area contributed by atoms with Gasteiger partial charge in [-0.05, 0) is 13.0 Å².